The van der Waals surface area contributed by atoms with Crippen molar-refractivity contribution in [3.05, 3.63) is 94.9 Å². The number of rotatable bonds is 6. The summed E-state index contributed by atoms with van der Waals surface area (Å²) in [5.41, 5.74) is 12.3. The van der Waals surface area contributed by atoms with Crippen LogP contribution in [0, 0.1) is 0 Å². The quantitative estimate of drug-likeness (QED) is 0.333. The second kappa shape index (κ2) is 10.8. The second-order valence-electron chi connectivity index (χ2n) is 9.18. The van der Waals surface area contributed by atoms with E-state index in [0.29, 0.717) is 15.3 Å². The van der Waals surface area contributed by atoms with Crippen LogP contribution in [0.5, 0.6) is 0 Å². The fourth-order valence-corrected chi connectivity index (χ4v) is 5.91. The summed E-state index contributed by atoms with van der Waals surface area (Å²) >= 11 is 6.37. The van der Waals surface area contributed by atoms with E-state index >= 15 is 0 Å². The summed E-state index contributed by atoms with van der Waals surface area (Å²) in [7, 11) is 0. The van der Waals surface area contributed by atoms with Crippen LogP contribution in [0.3, 0.4) is 0 Å². The van der Waals surface area contributed by atoms with E-state index in [0.717, 1.165) is 43.4 Å². The molecule has 6 heteroatoms. The number of amides is 1. The van der Waals surface area contributed by atoms with Crippen LogP contribution in [-0.4, -0.2) is 28.9 Å². The van der Waals surface area contributed by atoms with E-state index in [1.54, 1.807) is 0 Å². The number of nitrogens with one attached hydrogen (secondary N) is 1. The van der Waals surface area contributed by atoms with Crippen molar-refractivity contribution in [2.75, 3.05) is 11.4 Å². The Kier molecular flexibility index (Phi) is 7.32. The highest BCUT2D eigenvalue weighted by molar-refractivity contribution is 8.26. The van der Waals surface area contributed by atoms with Gasteiger partial charge >= 0.3 is 0 Å². The van der Waals surface area contributed by atoms with Gasteiger partial charge < -0.3 is 16.0 Å². The number of hydrogen-bond donors (Lipinski definition) is 2. The first-order valence-electron chi connectivity index (χ1n) is 12.1. The third-order valence-electron chi connectivity index (χ3n) is 6.75. The lowest BCUT2D eigenvalue weighted by molar-refractivity contribution is -0.115. The fraction of sp³-hybridized carbons (Fsp3) is 0.241. The van der Waals surface area contributed by atoms with Gasteiger partial charge in [0.2, 0.25) is 0 Å². The molecular weight excluding hydrogens is 470 g/mol. The van der Waals surface area contributed by atoms with Gasteiger partial charge in [-0.3, -0.25) is 4.79 Å². The molecule has 0 spiro atoms. The minimum absolute atomic E-state index is 0.125. The van der Waals surface area contributed by atoms with Crippen molar-refractivity contribution >= 4 is 46.0 Å². The lowest BCUT2D eigenvalue weighted by atomic mass is 9.92. The molecule has 2 saturated heterocycles. The molecule has 178 valence electrons. The maximum Gasteiger partial charge on any atom is 0.263 e. The Morgan fingerprint density at radius 2 is 1.69 bits per heavy atom. The maximum atomic E-state index is 11.9. The number of thioether (sulfide) groups is 1. The van der Waals surface area contributed by atoms with Crippen LogP contribution >= 0.6 is 24.0 Å². The first kappa shape index (κ1) is 23.8. The predicted molar refractivity (Wildman–Crippen MR) is 151 cm³/mol. The molecule has 4 nitrogen and oxygen atoms in total. The highest BCUT2D eigenvalue weighted by Crippen LogP contribution is 2.31. The van der Waals surface area contributed by atoms with Gasteiger partial charge in [-0.2, -0.15) is 0 Å². The largest absolute Gasteiger partial charge is 0.368 e. The Hall–Kier alpha value is -2.93. The molecule has 0 bridgehead atoms. The van der Waals surface area contributed by atoms with Crippen LogP contribution < -0.4 is 16.0 Å². The van der Waals surface area contributed by atoms with E-state index in [-0.39, 0.29) is 11.9 Å². The maximum absolute atomic E-state index is 11.9. The molecule has 1 amide bonds. The molecule has 0 aromatic heterocycles. The fourth-order valence-electron chi connectivity index (χ4n) is 4.86. The average Bonchev–Trinajstić information content (AvgIpc) is 3.20. The van der Waals surface area contributed by atoms with Crippen LogP contribution in [0.2, 0.25) is 0 Å². The predicted octanol–water partition coefficient (Wildman–Crippen LogP) is 5.77. The molecule has 35 heavy (non-hydrogen) atoms. The number of nitrogens with two attached hydrogens (primary N) is 1. The summed E-state index contributed by atoms with van der Waals surface area (Å²) in [6.45, 7) is 0.998. The van der Waals surface area contributed by atoms with Gasteiger partial charge in [-0.05, 0) is 66.1 Å². The van der Waals surface area contributed by atoms with E-state index in [1.165, 1.54) is 28.6 Å². The van der Waals surface area contributed by atoms with E-state index in [4.69, 9.17) is 18.0 Å². The first-order valence-corrected chi connectivity index (χ1v) is 13.3. The van der Waals surface area contributed by atoms with Crippen LogP contribution in [0.25, 0.3) is 17.2 Å². The van der Waals surface area contributed by atoms with Gasteiger partial charge in [-0.25, -0.2) is 0 Å². The van der Waals surface area contributed by atoms with Crippen molar-refractivity contribution in [1.82, 2.24) is 5.32 Å². The summed E-state index contributed by atoms with van der Waals surface area (Å²) in [6.07, 6.45) is 6.12. The first-order chi connectivity index (χ1) is 17.0. The molecule has 2 unspecified atom stereocenters. The molecule has 0 radical (unpaired) electrons. The third kappa shape index (κ3) is 5.84. The minimum atomic E-state index is -0.125. The van der Waals surface area contributed by atoms with Gasteiger partial charge in [0.25, 0.3) is 5.91 Å². The molecule has 2 aliphatic rings. The zero-order valence-corrected chi connectivity index (χ0v) is 21.2. The van der Waals surface area contributed by atoms with Crippen molar-refractivity contribution in [1.29, 1.82) is 0 Å². The van der Waals surface area contributed by atoms with Crippen molar-refractivity contribution in [3.63, 3.8) is 0 Å². The van der Waals surface area contributed by atoms with Crippen LogP contribution in [0.15, 0.2) is 83.8 Å². The monoisotopic (exact) mass is 499 g/mol. The summed E-state index contributed by atoms with van der Waals surface area (Å²) in [4.78, 5) is 15.1. The van der Waals surface area contributed by atoms with Gasteiger partial charge in [0.15, 0.2) is 0 Å². The number of nitrogens with zero attached hydrogens (tertiary/aromatic N) is 1. The van der Waals surface area contributed by atoms with E-state index < -0.39 is 0 Å². The van der Waals surface area contributed by atoms with Crippen molar-refractivity contribution in [2.45, 2.75) is 37.8 Å². The molecule has 3 aromatic carbocycles. The summed E-state index contributed by atoms with van der Waals surface area (Å²) in [6, 6.07) is 28.6. The van der Waals surface area contributed by atoms with Gasteiger partial charge in [0.1, 0.15) is 4.32 Å². The Labute approximate surface area is 216 Å². The number of piperidine rings is 1. The topological polar surface area (TPSA) is 58.4 Å². The molecule has 2 heterocycles. The zero-order valence-electron chi connectivity index (χ0n) is 19.5. The molecule has 2 atom stereocenters. The Morgan fingerprint density at radius 3 is 2.34 bits per heavy atom. The van der Waals surface area contributed by atoms with Crippen LogP contribution in [-0.2, 0) is 11.2 Å². The van der Waals surface area contributed by atoms with Gasteiger partial charge in [-0.15, -0.1) is 0 Å². The van der Waals surface area contributed by atoms with Crippen LogP contribution in [0.1, 0.15) is 30.4 Å². The second-order valence-corrected chi connectivity index (χ2v) is 10.9. The molecule has 2 aliphatic heterocycles. The number of hydrogen-bond acceptors (Lipinski definition) is 5. The lowest BCUT2D eigenvalue weighted by Crippen LogP contribution is -2.47. The van der Waals surface area contributed by atoms with Crippen molar-refractivity contribution in [2.24, 2.45) is 5.73 Å². The molecule has 0 saturated carbocycles. The van der Waals surface area contributed by atoms with Crippen molar-refractivity contribution in [3.8, 4) is 11.1 Å². The summed E-state index contributed by atoms with van der Waals surface area (Å²) in [5.74, 6) is -0.125. The van der Waals surface area contributed by atoms with Gasteiger partial charge in [0, 0.05) is 24.3 Å². The standard InChI is InChI=1S/C29H29N3OS2/c30-24-16-17-32(26(19-24)13-8-20-4-2-1-3-5-20)25-14-11-23(12-15-25)22-9-6-21(7-10-22)18-27-28(33)31-29(34)35-27/h1-7,9-12,14-15,18,24,26H,8,13,16-17,19,30H2,(H,31,33,34)/b27-18-. The smallest absolute Gasteiger partial charge is 0.263 e. The lowest BCUT2D eigenvalue weighted by Gasteiger charge is -2.40. The van der Waals surface area contributed by atoms with Gasteiger partial charge in [0.05, 0.1) is 4.91 Å². The number of anilines is 1. The Morgan fingerprint density at radius 1 is 1.00 bits per heavy atom. The molecule has 2 fully saturated rings. The Bertz CT molecular complexity index is 1220. The number of aryl methyl sites for hydroxylation is 1. The average molecular weight is 500 g/mol. The number of carbonyl (C=O) groups is 1. The Balaban J connectivity index is 1.28. The van der Waals surface area contributed by atoms with E-state index in [1.807, 2.05) is 18.2 Å². The van der Waals surface area contributed by atoms with Crippen molar-refractivity contribution < 1.29 is 4.79 Å². The third-order valence-corrected chi connectivity index (χ3v) is 7.91. The molecule has 5 rings (SSSR count). The number of benzene rings is 3. The molecule has 3 N–H and O–H groups in total. The highest BCUT2D eigenvalue weighted by atomic mass is 32.2. The molecule has 0 aliphatic carbocycles. The van der Waals surface area contributed by atoms with E-state index in [9.17, 15) is 4.79 Å². The highest BCUT2D eigenvalue weighted by Gasteiger charge is 2.26. The summed E-state index contributed by atoms with van der Waals surface area (Å²) in [5, 5.41) is 2.65. The van der Waals surface area contributed by atoms with E-state index in [2.05, 4.69) is 76.9 Å². The zero-order chi connectivity index (χ0) is 24.2. The SMILES string of the molecule is NC1CCN(c2ccc(-c3ccc(/C=C4\SC(=S)NC4=O)cc3)cc2)C(CCc2ccccc2)C1. The summed E-state index contributed by atoms with van der Waals surface area (Å²) < 4.78 is 0.510. The van der Waals surface area contributed by atoms with Gasteiger partial charge in [-0.1, -0.05) is 90.7 Å². The normalized spacial score (nSPS) is 21.4. The molecular formula is C29H29N3OS2. The minimum Gasteiger partial charge on any atom is -0.368 e. The number of carbonyl (C=O) groups excluding carboxylic acids is 1. The number of thiocarbonyl (C=S) groups is 1. The molecule has 3 aromatic rings. The van der Waals surface area contributed by atoms with Crippen LogP contribution in [0.4, 0.5) is 5.69 Å².